The molecule has 0 fully saturated rings. The van der Waals surface area contributed by atoms with E-state index < -0.39 is 0 Å². The first-order valence-corrected chi connectivity index (χ1v) is 10.6. The normalized spacial score (nSPS) is 16.2. The van der Waals surface area contributed by atoms with Gasteiger partial charge in [-0.1, -0.05) is 41.9 Å². The molecule has 0 radical (unpaired) electrons. The zero-order valence-corrected chi connectivity index (χ0v) is 16.6. The summed E-state index contributed by atoms with van der Waals surface area (Å²) in [5.41, 5.74) is 3.23. The Labute approximate surface area is 169 Å². The van der Waals surface area contributed by atoms with E-state index in [2.05, 4.69) is 16.7 Å². The quantitative estimate of drug-likeness (QED) is 0.733. The van der Waals surface area contributed by atoms with Crippen LogP contribution in [0.4, 0.5) is 5.69 Å². The van der Waals surface area contributed by atoms with Gasteiger partial charge >= 0.3 is 0 Å². The van der Waals surface area contributed by atoms with Gasteiger partial charge in [0.25, 0.3) is 0 Å². The first-order valence-electron chi connectivity index (χ1n) is 9.13. The van der Waals surface area contributed by atoms with E-state index in [9.17, 15) is 9.59 Å². The number of para-hydroxylation sites is 1. The molecule has 2 amide bonds. The van der Waals surface area contributed by atoms with Crippen LogP contribution >= 0.6 is 23.4 Å². The molecule has 0 spiro atoms. The van der Waals surface area contributed by atoms with Crippen molar-refractivity contribution < 1.29 is 9.59 Å². The summed E-state index contributed by atoms with van der Waals surface area (Å²) in [5, 5.41) is 6.53. The van der Waals surface area contributed by atoms with Gasteiger partial charge < -0.3 is 10.6 Å². The number of hydrogen-bond donors (Lipinski definition) is 2. The summed E-state index contributed by atoms with van der Waals surface area (Å²) in [6, 6.07) is 15.6. The molecule has 4 nitrogen and oxygen atoms in total. The van der Waals surface area contributed by atoms with E-state index >= 15 is 0 Å². The molecule has 0 bridgehead atoms. The minimum absolute atomic E-state index is 0.0220. The average molecular weight is 403 g/mol. The number of carbonyl (C=O) groups is 2. The Balaban J connectivity index is 1.36. The Morgan fingerprint density at radius 2 is 1.96 bits per heavy atom. The Hall–Kier alpha value is -1.98. The van der Waals surface area contributed by atoms with Crippen molar-refractivity contribution in [3.8, 4) is 0 Å². The molecule has 0 saturated carbocycles. The summed E-state index contributed by atoms with van der Waals surface area (Å²) in [5.74, 6) is 0.697. The van der Waals surface area contributed by atoms with E-state index in [-0.39, 0.29) is 17.1 Å². The molecular formula is C21H23ClN2O2S. The molecule has 1 atom stereocenters. The predicted molar refractivity (Wildman–Crippen MR) is 112 cm³/mol. The summed E-state index contributed by atoms with van der Waals surface area (Å²) >= 11 is 7.43. The summed E-state index contributed by atoms with van der Waals surface area (Å²) in [7, 11) is 0. The molecule has 1 unspecified atom stereocenters. The van der Waals surface area contributed by atoms with Gasteiger partial charge in [0.15, 0.2) is 0 Å². The number of hydrogen-bond acceptors (Lipinski definition) is 3. The molecule has 2 aromatic rings. The summed E-state index contributed by atoms with van der Waals surface area (Å²) in [6.07, 6.45) is 2.87. The number of fused-ring (bicyclic) bond motifs is 1. The lowest BCUT2D eigenvalue weighted by atomic mass is 10.1. The third-order valence-electron chi connectivity index (χ3n) is 4.54. The Morgan fingerprint density at radius 1 is 1.19 bits per heavy atom. The van der Waals surface area contributed by atoms with Crippen LogP contribution in [0.15, 0.2) is 48.5 Å². The highest BCUT2D eigenvalue weighted by Crippen LogP contribution is 2.27. The second-order valence-electron chi connectivity index (χ2n) is 6.52. The molecular weight excluding hydrogens is 380 g/mol. The number of amides is 2. The maximum Gasteiger partial charge on any atom is 0.237 e. The second-order valence-corrected chi connectivity index (χ2v) is 8.27. The third-order valence-corrected chi connectivity index (χ3v) is 6.08. The van der Waals surface area contributed by atoms with Crippen molar-refractivity contribution >= 4 is 40.9 Å². The molecule has 2 N–H and O–H groups in total. The number of anilines is 1. The number of benzene rings is 2. The number of halogens is 1. The zero-order valence-electron chi connectivity index (χ0n) is 15.0. The van der Waals surface area contributed by atoms with E-state index in [4.69, 9.17) is 11.6 Å². The fourth-order valence-corrected chi connectivity index (χ4v) is 4.24. The molecule has 1 aliphatic heterocycles. The highest BCUT2D eigenvalue weighted by Gasteiger charge is 2.23. The van der Waals surface area contributed by atoms with Crippen molar-refractivity contribution in [3.05, 3.63) is 64.7 Å². The highest BCUT2D eigenvalue weighted by molar-refractivity contribution is 8.00. The molecule has 142 valence electrons. The van der Waals surface area contributed by atoms with Gasteiger partial charge in [-0.15, -0.1) is 11.8 Å². The van der Waals surface area contributed by atoms with Crippen LogP contribution in [0.2, 0.25) is 5.02 Å². The molecule has 3 rings (SSSR count). The highest BCUT2D eigenvalue weighted by atomic mass is 35.5. The van der Waals surface area contributed by atoms with Crippen LogP contribution < -0.4 is 10.6 Å². The summed E-state index contributed by atoms with van der Waals surface area (Å²) in [6.45, 7) is 0.602. The van der Waals surface area contributed by atoms with E-state index in [1.54, 1.807) is 11.8 Å². The van der Waals surface area contributed by atoms with Crippen molar-refractivity contribution in [1.29, 1.82) is 0 Å². The molecule has 1 aliphatic rings. The second kappa shape index (κ2) is 9.81. The molecule has 0 aliphatic carbocycles. The summed E-state index contributed by atoms with van der Waals surface area (Å²) in [4.78, 5) is 24.4. The molecule has 1 heterocycles. The first-order chi connectivity index (χ1) is 13.1. The number of nitrogens with one attached hydrogen (secondary N) is 2. The number of thioether (sulfide) groups is 1. The Bertz CT molecular complexity index is 795. The SMILES string of the molecule is O=C(CCSC1CCc2ccccc2NC1=O)NCCc1ccc(Cl)cc1. The maximum absolute atomic E-state index is 12.4. The molecule has 27 heavy (non-hydrogen) atoms. The van der Waals surface area contributed by atoms with E-state index in [0.717, 1.165) is 30.5 Å². The molecule has 0 aromatic heterocycles. The topological polar surface area (TPSA) is 58.2 Å². The van der Waals surface area contributed by atoms with Crippen molar-refractivity contribution in [2.45, 2.75) is 30.9 Å². The van der Waals surface area contributed by atoms with Crippen molar-refractivity contribution in [3.63, 3.8) is 0 Å². The minimum atomic E-state index is -0.112. The van der Waals surface area contributed by atoms with Gasteiger partial charge in [-0.05, 0) is 48.6 Å². The minimum Gasteiger partial charge on any atom is -0.356 e. The smallest absolute Gasteiger partial charge is 0.237 e. The van der Waals surface area contributed by atoms with Crippen LogP contribution in [-0.4, -0.2) is 29.4 Å². The molecule has 6 heteroatoms. The van der Waals surface area contributed by atoms with Crippen LogP contribution in [0.5, 0.6) is 0 Å². The number of rotatable bonds is 7. The fourth-order valence-electron chi connectivity index (χ4n) is 3.03. The zero-order chi connectivity index (χ0) is 19.1. The van der Waals surface area contributed by atoms with Gasteiger partial charge in [-0.25, -0.2) is 0 Å². The van der Waals surface area contributed by atoms with Crippen molar-refractivity contribution in [1.82, 2.24) is 5.32 Å². The molecule has 2 aromatic carbocycles. The lowest BCUT2D eigenvalue weighted by Gasteiger charge is -2.12. The fraction of sp³-hybridized carbons (Fsp3) is 0.333. The van der Waals surface area contributed by atoms with Gasteiger partial charge in [0.2, 0.25) is 11.8 Å². The first kappa shape index (κ1) is 19.8. The van der Waals surface area contributed by atoms with Crippen LogP contribution in [0.1, 0.15) is 24.0 Å². The maximum atomic E-state index is 12.4. The van der Waals surface area contributed by atoms with E-state index in [1.807, 2.05) is 42.5 Å². The Kier molecular flexibility index (Phi) is 7.18. The van der Waals surface area contributed by atoms with Crippen molar-refractivity contribution in [2.75, 3.05) is 17.6 Å². The van der Waals surface area contributed by atoms with Crippen LogP contribution in [0, 0.1) is 0 Å². The van der Waals surface area contributed by atoms with Gasteiger partial charge in [0, 0.05) is 29.4 Å². The number of aryl methyl sites for hydroxylation is 1. The van der Waals surface area contributed by atoms with Gasteiger partial charge in [0.05, 0.1) is 5.25 Å². The van der Waals surface area contributed by atoms with Crippen LogP contribution in [0.3, 0.4) is 0 Å². The lowest BCUT2D eigenvalue weighted by Crippen LogP contribution is -2.27. The number of carbonyl (C=O) groups excluding carboxylic acids is 2. The molecule has 0 saturated heterocycles. The van der Waals surface area contributed by atoms with Crippen molar-refractivity contribution in [2.24, 2.45) is 0 Å². The third kappa shape index (κ3) is 6.01. The van der Waals surface area contributed by atoms with E-state index in [0.29, 0.717) is 23.7 Å². The lowest BCUT2D eigenvalue weighted by molar-refractivity contribution is -0.120. The van der Waals surface area contributed by atoms with Crippen LogP contribution in [0.25, 0.3) is 0 Å². The average Bonchev–Trinajstić information content (AvgIpc) is 2.82. The van der Waals surface area contributed by atoms with E-state index in [1.165, 1.54) is 5.56 Å². The monoisotopic (exact) mass is 402 g/mol. The predicted octanol–water partition coefficient (Wildman–Crippen LogP) is 4.08. The largest absolute Gasteiger partial charge is 0.356 e. The Morgan fingerprint density at radius 3 is 2.78 bits per heavy atom. The van der Waals surface area contributed by atoms with Gasteiger partial charge in [0.1, 0.15) is 0 Å². The standard InChI is InChI=1S/C21H23ClN2O2S/c22-17-8-5-15(6-9-17)11-13-23-20(25)12-14-27-19-10-7-16-3-1-2-4-18(16)24-21(19)26/h1-6,8-9,19H,7,10-14H2,(H,23,25)(H,24,26). The van der Waals surface area contributed by atoms with Gasteiger partial charge in [-0.3, -0.25) is 9.59 Å². The van der Waals surface area contributed by atoms with Crippen LogP contribution in [-0.2, 0) is 22.4 Å². The summed E-state index contributed by atoms with van der Waals surface area (Å²) < 4.78 is 0. The van der Waals surface area contributed by atoms with Gasteiger partial charge in [-0.2, -0.15) is 0 Å².